The first-order chi connectivity index (χ1) is 9.75. The van der Waals surface area contributed by atoms with Crippen LogP contribution in [-0.4, -0.2) is 4.98 Å². The minimum absolute atomic E-state index is 0. The third-order valence-electron chi connectivity index (χ3n) is 3.31. The molecule has 0 fully saturated rings. The maximum atomic E-state index is 4.44. The summed E-state index contributed by atoms with van der Waals surface area (Å²) in [7, 11) is 1.99. The Balaban J connectivity index is 0.00000161. The summed E-state index contributed by atoms with van der Waals surface area (Å²) in [4.78, 5) is 4.44. The van der Waals surface area contributed by atoms with Crippen LogP contribution in [0, 0.1) is 19.1 Å². The van der Waals surface area contributed by atoms with Gasteiger partial charge < -0.3 is 0 Å². The zero-order valence-corrected chi connectivity index (χ0v) is 15.0. The average molecular weight is 348 g/mol. The van der Waals surface area contributed by atoms with Gasteiger partial charge in [-0.1, -0.05) is 36.2 Å². The van der Waals surface area contributed by atoms with Crippen LogP contribution in [0.5, 0.6) is 0 Å². The van der Waals surface area contributed by atoms with Gasteiger partial charge in [-0.3, -0.25) is 4.57 Å². The van der Waals surface area contributed by atoms with Crippen molar-refractivity contribution in [1.29, 1.82) is 0 Å². The summed E-state index contributed by atoms with van der Waals surface area (Å²) >= 11 is 0. The first-order valence-corrected chi connectivity index (χ1v) is 6.57. The summed E-state index contributed by atoms with van der Waals surface area (Å²) in [6, 6.07) is 22.8. The molecule has 1 radical (unpaired) electrons. The van der Waals surface area contributed by atoms with Gasteiger partial charge in [0, 0.05) is 38.4 Å². The Labute approximate surface area is 150 Å². The third-order valence-corrected chi connectivity index (χ3v) is 3.31. The number of rotatable bonds is 2. The molecule has 3 rings (SSSR count). The smallest absolute Gasteiger partial charge is 0.257 e. The number of benzene rings is 2. The zero-order valence-electron chi connectivity index (χ0n) is 12.2. The van der Waals surface area contributed by atoms with Crippen molar-refractivity contribution in [1.82, 2.24) is 4.98 Å². The fourth-order valence-corrected chi connectivity index (χ4v) is 2.21. The molecule has 0 aliphatic carbocycles. The van der Waals surface area contributed by atoms with E-state index in [1.807, 2.05) is 54.3 Å². The van der Waals surface area contributed by atoms with Gasteiger partial charge in [0.2, 0.25) is 0 Å². The topological polar surface area (TPSA) is 16.8 Å². The molecule has 3 aromatic rings. The molecule has 2 nitrogen and oxygen atoms in total. The molecule has 21 heavy (non-hydrogen) atoms. The Hall–Kier alpha value is -1.38. The molecule has 2 aromatic carbocycles. The maximum Gasteiger partial charge on any atom is 0.272 e. The van der Waals surface area contributed by atoms with E-state index in [4.69, 9.17) is 0 Å². The van der Waals surface area contributed by atoms with E-state index in [-0.39, 0.29) is 32.7 Å². The van der Waals surface area contributed by atoms with Crippen LogP contribution in [0.3, 0.4) is 0 Å². The summed E-state index contributed by atoms with van der Waals surface area (Å²) in [6.45, 7) is 2.11. The maximum absolute atomic E-state index is 4.44. The van der Waals surface area contributed by atoms with E-state index >= 15 is 0 Å². The van der Waals surface area contributed by atoms with Crippen molar-refractivity contribution in [3.8, 4) is 22.5 Å². The van der Waals surface area contributed by atoms with Crippen molar-refractivity contribution < 1.29 is 37.3 Å². The van der Waals surface area contributed by atoms with Crippen LogP contribution in [0.2, 0.25) is 0 Å². The van der Waals surface area contributed by atoms with Gasteiger partial charge in [-0.2, -0.15) is 18.2 Å². The molecule has 0 atom stereocenters. The van der Waals surface area contributed by atoms with Crippen molar-refractivity contribution >= 4 is 0 Å². The van der Waals surface area contributed by atoms with Crippen LogP contribution < -0.4 is 4.57 Å². The molecule has 3 heteroatoms. The van der Waals surface area contributed by atoms with E-state index in [1.165, 1.54) is 11.1 Å². The predicted molar refractivity (Wildman–Crippen MR) is 78.7 cm³/mol. The van der Waals surface area contributed by atoms with E-state index in [2.05, 4.69) is 36.2 Å². The van der Waals surface area contributed by atoms with Crippen LogP contribution in [0.25, 0.3) is 22.5 Å². The Morgan fingerprint density at radius 3 is 2.52 bits per heavy atom. The van der Waals surface area contributed by atoms with Gasteiger partial charge in [-0.05, 0) is 5.69 Å². The van der Waals surface area contributed by atoms with Gasteiger partial charge in [0.25, 0.3) is 6.33 Å². The third kappa shape index (κ3) is 3.45. The molecule has 0 amide bonds. The number of aromatic nitrogens is 2. The van der Waals surface area contributed by atoms with Crippen molar-refractivity contribution in [2.75, 3.05) is 0 Å². The second-order valence-electron chi connectivity index (χ2n) is 4.77. The Morgan fingerprint density at radius 1 is 1.05 bits per heavy atom. The molecule has 0 N–H and O–H groups in total. The molecule has 0 spiro atoms. The number of hydrogen-bond donors (Lipinski definition) is 0. The minimum Gasteiger partial charge on any atom is -0.257 e. The fourth-order valence-electron chi connectivity index (χ4n) is 2.21. The molecule has 0 bridgehead atoms. The largest absolute Gasteiger partial charge is 0.272 e. The summed E-state index contributed by atoms with van der Waals surface area (Å²) in [5.41, 5.74) is 5.22. The van der Waals surface area contributed by atoms with E-state index in [0.29, 0.717) is 0 Å². The molecule has 0 aliphatic rings. The van der Waals surface area contributed by atoms with E-state index in [1.54, 1.807) is 0 Å². The first kappa shape index (κ1) is 16.0. The molecular weight excluding hydrogens is 333 g/mol. The first-order valence-electron chi connectivity index (χ1n) is 6.57. The molecule has 0 saturated carbocycles. The molecule has 101 valence electrons. The summed E-state index contributed by atoms with van der Waals surface area (Å²) in [6.07, 6.45) is 1.83. The van der Waals surface area contributed by atoms with Crippen molar-refractivity contribution in [2.45, 2.75) is 6.92 Å². The van der Waals surface area contributed by atoms with Crippen molar-refractivity contribution in [3.63, 3.8) is 0 Å². The van der Waals surface area contributed by atoms with Gasteiger partial charge in [-0.15, -0.1) is 23.2 Å². The molecule has 0 aliphatic heterocycles. The van der Waals surface area contributed by atoms with E-state index < -0.39 is 0 Å². The van der Waals surface area contributed by atoms with E-state index in [9.17, 15) is 0 Å². The number of aryl methyl sites for hydroxylation is 2. The molecule has 1 aromatic heterocycles. The van der Waals surface area contributed by atoms with Crippen molar-refractivity contribution in [3.05, 3.63) is 72.6 Å². The zero-order chi connectivity index (χ0) is 13.9. The van der Waals surface area contributed by atoms with Gasteiger partial charge >= 0.3 is 0 Å². The summed E-state index contributed by atoms with van der Waals surface area (Å²) < 4.78 is 1.99. The number of hydrogen-bond acceptors (Lipinski definition) is 1. The normalized spacial score (nSPS) is 10.0. The molecule has 0 unspecified atom stereocenters. The summed E-state index contributed by atoms with van der Waals surface area (Å²) in [5, 5.41) is 0. The standard InChI is InChI=1S/C18H15N2.Y/c1-14-8-6-7-11-16(14)18-12-17(19-13-20(18)2)15-9-4-3-5-10-15;/h3-9,11,13H,1-2H3;/q-1;. The Kier molecular flexibility index (Phi) is 5.38. The van der Waals surface area contributed by atoms with Crippen LogP contribution in [0.4, 0.5) is 0 Å². The van der Waals surface area contributed by atoms with Crippen molar-refractivity contribution in [2.24, 2.45) is 7.05 Å². The Bertz CT molecular complexity index is 739. The van der Waals surface area contributed by atoms with Crippen LogP contribution in [0.1, 0.15) is 5.56 Å². The van der Waals surface area contributed by atoms with E-state index in [0.717, 1.165) is 17.0 Å². The average Bonchev–Trinajstić information content (AvgIpc) is 2.49. The second kappa shape index (κ2) is 7.06. The van der Waals surface area contributed by atoms with Gasteiger partial charge in [0.05, 0.1) is 7.05 Å². The molecular formula is C18H15N2Y-. The SMILES string of the molecule is Cc1ccccc1-c1[c-]c(-c2[c-]cccc2)nc[n+]1C.[Y]. The molecule has 0 saturated heterocycles. The van der Waals surface area contributed by atoms with Crippen LogP contribution in [0.15, 0.2) is 54.9 Å². The molecule has 1 heterocycles. The van der Waals surface area contributed by atoms with Crippen LogP contribution in [-0.2, 0) is 39.8 Å². The monoisotopic (exact) mass is 348 g/mol. The second-order valence-corrected chi connectivity index (χ2v) is 4.77. The van der Waals surface area contributed by atoms with Gasteiger partial charge in [-0.25, -0.2) is 11.6 Å². The quantitative estimate of drug-likeness (QED) is 0.514. The minimum atomic E-state index is 0. The summed E-state index contributed by atoms with van der Waals surface area (Å²) in [5.74, 6) is 0. The van der Waals surface area contributed by atoms with Gasteiger partial charge in [0.1, 0.15) is 0 Å². The predicted octanol–water partition coefficient (Wildman–Crippen LogP) is 3.15. The number of nitrogens with zero attached hydrogens (tertiary/aromatic N) is 2. The fraction of sp³-hybridized carbons (Fsp3) is 0.111. The Morgan fingerprint density at radius 2 is 1.81 bits per heavy atom. The van der Waals surface area contributed by atoms with Gasteiger partial charge in [0.15, 0.2) is 0 Å². The van der Waals surface area contributed by atoms with Crippen LogP contribution >= 0.6 is 0 Å².